The van der Waals surface area contributed by atoms with Gasteiger partial charge in [0.2, 0.25) is 0 Å². The molecule has 0 spiro atoms. The summed E-state index contributed by atoms with van der Waals surface area (Å²) >= 11 is 3.95. The number of rotatable bonds is 1. The molecule has 0 aliphatic heterocycles. The lowest BCUT2D eigenvalue weighted by atomic mass is 9.89. The van der Waals surface area contributed by atoms with E-state index in [2.05, 4.69) is 119 Å². The highest BCUT2D eigenvalue weighted by Crippen LogP contribution is 2.44. The molecule has 29 heavy (non-hydrogen) atoms. The van der Waals surface area contributed by atoms with Gasteiger partial charge in [-0.2, -0.15) is 0 Å². The quantitative estimate of drug-likeness (QED) is 0.180. The van der Waals surface area contributed by atoms with Gasteiger partial charge in [0.15, 0.2) is 0 Å². The summed E-state index contributed by atoms with van der Waals surface area (Å²) in [4.78, 5) is 0. The smallest absolute Gasteiger partial charge is 0.0338 e. The van der Waals surface area contributed by atoms with Crippen molar-refractivity contribution in [3.63, 3.8) is 0 Å². The maximum absolute atomic E-state index is 3.95. The molecule has 0 aromatic heterocycles. The van der Waals surface area contributed by atoms with Gasteiger partial charge in [0, 0.05) is 9.86 Å². The Bertz CT molecular complexity index is 1560. The molecule has 0 aliphatic carbocycles. The first-order valence-corrected chi connectivity index (χ1v) is 10.6. The van der Waals surface area contributed by atoms with Crippen LogP contribution in [0, 0.1) is 0 Å². The Labute approximate surface area is 177 Å². The second kappa shape index (κ2) is 6.43. The van der Waals surface area contributed by atoms with Gasteiger partial charge in [-0.05, 0) is 70.8 Å². The first kappa shape index (κ1) is 16.8. The van der Waals surface area contributed by atoms with Gasteiger partial charge in [0.1, 0.15) is 0 Å². The summed E-state index contributed by atoms with van der Waals surface area (Å²) in [6, 6.07) is 37.2. The molecule has 0 unspecified atom stereocenters. The van der Waals surface area contributed by atoms with E-state index in [0.717, 1.165) is 0 Å². The molecule has 0 nitrogen and oxygen atoms in total. The van der Waals surface area contributed by atoms with Crippen LogP contribution in [0.5, 0.6) is 0 Å². The van der Waals surface area contributed by atoms with Crippen LogP contribution in [0.2, 0.25) is 0 Å². The van der Waals surface area contributed by atoms with E-state index >= 15 is 0 Å². The van der Waals surface area contributed by atoms with E-state index in [-0.39, 0.29) is 0 Å². The highest BCUT2D eigenvalue weighted by molar-refractivity contribution is 9.10. The average Bonchev–Trinajstić information content (AvgIpc) is 2.79. The molecule has 0 amide bonds. The maximum atomic E-state index is 3.95. The fourth-order valence-electron chi connectivity index (χ4n) is 4.54. The molecule has 0 saturated heterocycles. The standard InChI is InChI=1S/C28H17Br/c29-28-24-12-6-5-11-23(24)26(21-14-13-18-7-1-2-9-20(18)17-21)25-16-15-19-8-3-4-10-22(19)27(25)28/h1-17H. The van der Waals surface area contributed by atoms with Crippen molar-refractivity contribution in [3.8, 4) is 11.1 Å². The Hall–Kier alpha value is -3.16. The molecule has 6 aromatic rings. The first-order chi connectivity index (χ1) is 14.3. The predicted molar refractivity (Wildman–Crippen MR) is 130 cm³/mol. The van der Waals surface area contributed by atoms with E-state index in [1.54, 1.807) is 0 Å². The van der Waals surface area contributed by atoms with Crippen LogP contribution in [0.4, 0.5) is 0 Å². The molecule has 1 heteroatoms. The predicted octanol–water partition coefficient (Wildman–Crippen LogP) is 8.73. The molecule has 0 saturated carbocycles. The summed E-state index contributed by atoms with van der Waals surface area (Å²) in [5.41, 5.74) is 2.56. The zero-order valence-corrected chi connectivity index (χ0v) is 17.3. The highest BCUT2D eigenvalue weighted by atomic mass is 79.9. The monoisotopic (exact) mass is 432 g/mol. The van der Waals surface area contributed by atoms with Gasteiger partial charge in [-0.3, -0.25) is 0 Å². The normalized spacial score (nSPS) is 11.6. The van der Waals surface area contributed by atoms with Crippen molar-refractivity contribution in [3.05, 3.63) is 108 Å². The average molecular weight is 433 g/mol. The number of hydrogen-bond acceptors (Lipinski definition) is 0. The van der Waals surface area contributed by atoms with Gasteiger partial charge in [-0.1, -0.05) is 97.1 Å². The fraction of sp³-hybridized carbons (Fsp3) is 0. The number of hydrogen-bond donors (Lipinski definition) is 0. The summed E-state index contributed by atoms with van der Waals surface area (Å²) in [6.07, 6.45) is 0. The van der Waals surface area contributed by atoms with Crippen molar-refractivity contribution in [2.24, 2.45) is 0 Å². The third kappa shape index (κ3) is 2.51. The second-order valence-electron chi connectivity index (χ2n) is 7.51. The van der Waals surface area contributed by atoms with Crippen molar-refractivity contribution in [2.75, 3.05) is 0 Å². The lowest BCUT2D eigenvalue weighted by Gasteiger charge is -2.16. The maximum Gasteiger partial charge on any atom is 0.0338 e. The molecule has 136 valence electrons. The van der Waals surface area contributed by atoms with Gasteiger partial charge in [-0.25, -0.2) is 0 Å². The Morgan fingerprint density at radius 2 is 1.07 bits per heavy atom. The van der Waals surface area contributed by atoms with Crippen LogP contribution < -0.4 is 0 Å². The van der Waals surface area contributed by atoms with E-state index in [0.29, 0.717) is 0 Å². The van der Waals surface area contributed by atoms with E-state index in [4.69, 9.17) is 0 Å². The van der Waals surface area contributed by atoms with Gasteiger partial charge in [0.25, 0.3) is 0 Å². The van der Waals surface area contributed by atoms with Gasteiger partial charge >= 0.3 is 0 Å². The van der Waals surface area contributed by atoms with E-state index in [9.17, 15) is 0 Å². The molecule has 0 atom stereocenters. The minimum atomic E-state index is 1.17. The Morgan fingerprint density at radius 3 is 1.90 bits per heavy atom. The lowest BCUT2D eigenvalue weighted by Crippen LogP contribution is -1.89. The molecule has 0 N–H and O–H groups in total. The van der Waals surface area contributed by atoms with Crippen LogP contribution in [0.1, 0.15) is 0 Å². The van der Waals surface area contributed by atoms with Crippen LogP contribution in [0.3, 0.4) is 0 Å². The van der Waals surface area contributed by atoms with Gasteiger partial charge in [0.05, 0.1) is 0 Å². The molecular weight excluding hydrogens is 416 g/mol. The summed E-state index contributed by atoms with van der Waals surface area (Å²) in [6.45, 7) is 0. The van der Waals surface area contributed by atoms with Crippen molar-refractivity contribution in [2.45, 2.75) is 0 Å². The minimum absolute atomic E-state index is 1.17. The SMILES string of the molecule is Brc1c2ccccc2c(-c2ccc3ccccc3c2)c2ccc3ccccc3c12. The van der Waals surface area contributed by atoms with Crippen molar-refractivity contribution < 1.29 is 0 Å². The second-order valence-corrected chi connectivity index (χ2v) is 8.30. The minimum Gasteiger partial charge on any atom is -0.0616 e. The van der Waals surface area contributed by atoms with Crippen LogP contribution in [-0.4, -0.2) is 0 Å². The molecule has 0 bridgehead atoms. The number of benzene rings is 6. The number of fused-ring (bicyclic) bond motifs is 5. The third-order valence-corrected chi connectivity index (χ3v) is 6.71. The molecule has 6 aromatic carbocycles. The zero-order chi connectivity index (χ0) is 19.4. The van der Waals surface area contributed by atoms with E-state index < -0.39 is 0 Å². The van der Waals surface area contributed by atoms with Gasteiger partial charge < -0.3 is 0 Å². The topological polar surface area (TPSA) is 0 Å². The third-order valence-electron chi connectivity index (χ3n) is 5.89. The number of halogens is 1. The Kier molecular flexibility index (Phi) is 3.72. The summed E-state index contributed by atoms with van der Waals surface area (Å²) in [5, 5.41) is 10.2. The van der Waals surface area contributed by atoms with E-state index in [1.807, 2.05) is 0 Å². The molecule has 0 fully saturated rings. The van der Waals surface area contributed by atoms with Crippen LogP contribution in [-0.2, 0) is 0 Å². The van der Waals surface area contributed by atoms with Crippen LogP contribution >= 0.6 is 15.9 Å². The van der Waals surface area contributed by atoms with Gasteiger partial charge in [-0.15, -0.1) is 0 Å². The first-order valence-electron chi connectivity index (χ1n) is 9.82. The largest absolute Gasteiger partial charge is 0.0616 e. The summed E-state index contributed by atoms with van der Waals surface area (Å²) in [7, 11) is 0. The van der Waals surface area contributed by atoms with Crippen molar-refractivity contribution in [1.29, 1.82) is 0 Å². The Morgan fingerprint density at radius 1 is 0.448 bits per heavy atom. The zero-order valence-electron chi connectivity index (χ0n) is 15.7. The van der Waals surface area contributed by atoms with E-state index in [1.165, 1.54) is 58.7 Å². The van der Waals surface area contributed by atoms with Crippen molar-refractivity contribution in [1.82, 2.24) is 0 Å². The fourth-order valence-corrected chi connectivity index (χ4v) is 5.32. The van der Waals surface area contributed by atoms with Crippen LogP contribution in [0.15, 0.2) is 108 Å². The molecule has 0 radical (unpaired) electrons. The summed E-state index contributed by atoms with van der Waals surface area (Å²) in [5.74, 6) is 0. The molecule has 6 rings (SSSR count). The molecule has 0 heterocycles. The lowest BCUT2D eigenvalue weighted by molar-refractivity contribution is 1.70. The highest BCUT2D eigenvalue weighted by Gasteiger charge is 2.16. The van der Waals surface area contributed by atoms with Crippen LogP contribution in [0.25, 0.3) is 54.2 Å². The molecular formula is C28H17Br. The summed E-state index contributed by atoms with van der Waals surface area (Å²) < 4.78 is 1.17. The van der Waals surface area contributed by atoms with Crippen molar-refractivity contribution >= 4 is 59.0 Å². The Balaban J connectivity index is 1.85. The molecule has 0 aliphatic rings.